The molecule has 1 atom stereocenters. The van der Waals surface area contributed by atoms with Gasteiger partial charge >= 0.3 is 0 Å². The van der Waals surface area contributed by atoms with E-state index in [2.05, 4.69) is 10.6 Å². The summed E-state index contributed by atoms with van der Waals surface area (Å²) in [5.41, 5.74) is 0.795. The lowest BCUT2D eigenvalue weighted by molar-refractivity contribution is -0.119. The lowest BCUT2D eigenvalue weighted by atomic mass is 10.0. The van der Waals surface area contributed by atoms with E-state index >= 15 is 0 Å². The van der Waals surface area contributed by atoms with Gasteiger partial charge in [-0.05, 0) is 25.4 Å². The fraction of sp³-hybridized carbons (Fsp3) is 0.667. The van der Waals surface area contributed by atoms with Gasteiger partial charge in [0.05, 0.1) is 0 Å². The number of amides is 1. The first-order valence-corrected chi connectivity index (χ1v) is 4.08. The molecular weight excluding hydrogens is 152 g/mol. The molecule has 0 saturated heterocycles. The molecule has 3 heteroatoms. The van der Waals surface area contributed by atoms with Crippen LogP contribution in [0.15, 0.2) is 11.6 Å². The second-order valence-corrected chi connectivity index (χ2v) is 2.87. The van der Waals surface area contributed by atoms with Crippen molar-refractivity contribution >= 4 is 5.91 Å². The zero-order valence-corrected chi connectivity index (χ0v) is 7.18. The molecule has 0 saturated carbocycles. The summed E-state index contributed by atoms with van der Waals surface area (Å²) in [6, 6.07) is -0.836. The van der Waals surface area contributed by atoms with Gasteiger partial charge in [0, 0.05) is 23.6 Å². The molecule has 1 aliphatic rings. The third-order valence-corrected chi connectivity index (χ3v) is 1.82. The summed E-state index contributed by atoms with van der Waals surface area (Å²) in [6.07, 6.45) is 2.51. The van der Waals surface area contributed by atoms with Crippen molar-refractivity contribution in [1.82, 2.24) is 10.6 Å². The largest absolute Gasteiger partial charge is 0.350 e. The van der Waals surface area contributed by atoms with E-state index in [4.69, 9.17) is 4.11 Å². The first-order chi connectivity index (χ1) is 6.91. The van der Waals surface area contributed by atoms with Crippen molar-refractivity contribution in [3.63, 3.8) is 0 Å². The molecule has 1 rings (SSSR count). The van der Waals surface area contributed by atoms with Crippen LogP contribution < -0.4 is 10.6 Å². The van der Waals surface area contributed by atoms with Gasteiger partial charge < -0.3 is 10.6 Å². The van der Waals surface area contributed by atoms with Crippen molar-refractivity contribution in [3.05, 3.63) is 11.6 Å². The lowest BCUT2D eigenvalue weighted by Crippen LogP contribution is -2.35. The quantitative estimate of drug-likeness (QED) is 0.592. The number of carbonyl (C=O) groups excluding carboxylic acids is 1. The molecule has 12 heavy (non-hydrogen) atoms. The Labute approximate surface area is 77.4 Å². The number of hydrogen-bond acceptors (Lipinski definition) is 2. The van der Waals surface area contributed by atoms with E-state index in [-0.39, 0.29) is 5.91 Å². The van der Waals surface area contributed by atoms with Gasteiger partial charge in [-0.25, -0.2) is 0 Å². The molecule has 1 heterocycles. The Bertz CT molecular complexity index is 273. The SMILES string of the molecule is [2H]C([2H])([2H])C(NC(C)=O)C1=CCNCC1. The van der Waals surface area contributed by atoms with Crippen LogP contribution in [0.3, 0.4) is 0 Å². The number of rotatable bonds is 2. The van der Waals surface area contributed by atoms with Crippen LogP contribution >= 0.6 is 0 Å². The summed E-state index contributed by atoms with van der Waals surface area (Å²) in [7, 11) is 0. The molecule has 2 N–H and O–H groups in total. The monoisotopic (exact) mass is 171 g/mol. The summed E-state index contributed by atoms with van der Waals surface area (Å²) in [5, 5.41) is 5.59. The molecule has 0 fully saturated rings. The highest BCUT2D eigenvalue weighted by molar-refractivity contribution is 5.73. The Balaban J connectivity index is 2.80. The highest BCUT2D eigenvalue weighted by Crippen LogP contribution is 2.08. The molecular formula is C9H16N2O. The van der Waals surface area contributed by atoms with E-state index in [0.29, 0.717) is 13.0 Å². The maximum atomic E-state index is 10.9. The van der Waals surface area contributed by atoms with E-state index in [1.54, 1.807) is 0 Å². The number of hydrogen-bond donors (Lipinski definition) is 2. The maximum absolute atomic E-state index is 10.9. The second-order valence-electron chi connectivity index (χ2n) is 2.87. The zero-order chi connectivity index (χ0) is 11.5. The van der Waals surface area contributed by atoms with Gasteiger partial charge in [-0.1, -0.05) is 6.08 Å². The van der Waals surface area contributed by atoms with Gasteiger partial charge in [0.1, 0.15) is 0 Å². The third kappa shape index (κ3) is 2.66. The van der Waals surface area contributed by atoms with Crippen LogP contribution in [0, 0.1) is 0 Å². The minimum absolute atomic E-state index is 0.310. The van der Waals surface area contributed by atoms with Crippen LogP contribution in [-0.2, 0) is 4.79 Å². The number of nitrogens with one attached hydrogen (secondary N) is 2. The fourth-order valence-corrected chi connectivity index (χ4v) is 1.20. The van der Waals surface area contributed by atoms with Crippen molar-refractivity contribution < 1.29 is 8.91 Å². The standard InChI is InChI=1S/C9H16N2O/c1-7(11-8(2)12)9-3-5-10-6-4-9/h3,7,10H,4-6H2,1-2H3,(H,11,12)/i1D3. The van der Waals surface area contributed by atoms with Gasteiger partial charge in [-0.3, -0.25) is 4.79 Å². The smallest absolute Gasteiger partial charge is 0.217 e. The molecule has 0 aromatic rings. The van der Waals surface area contributed by atoms with Gasteiger partial charge in [-0.2, -0.15) is 0 Å². The van der Waals surface area contributed by atoms with Gasteiger partial charge in [0.15, 0.2) is 0 Å². The molecule has 0 aromatic heterocycles. The van der Waals surface area contributed by atoms with Crippen LogP contribution in [-0.4, -0.2) is 25.0 Å². The molecule has 0 radical (unpaired) electrons. The topological polar surface area (TPSA) is 41.1 Å². The van der Waals surface area contributed by atoms with E-state index < -0.39 is 12.9 Å². The summed E-state index contributed by atoms with van der Waals surface area (Å²) in [6.45, 7) is 0.592. The zero-order valence-electron chi connectivity index (χ0n) is 10.2. The Hall–Kier alpha value is -0.830. The molecule has 0 spiro atoms. The predicted molar refractivity (Wildman–Crippen MR) is 48.8 cm³/mol. The summed E-state index contributed by atoms with van der Waals surface area (Å²) in [4.78, 5) is 10.9. The predicted octanol–water partition coefficient (Wildman–Crippen LogP) is 0.431. The molecule has 1 amide bonds. The molecule has 1 aliphatic heterocycles. The van der Waals surface area contributed by atoms with Crippen LogP contribution in [0.5, 0.6) is 0 Å². The van der Waals surface area contributed by atoms with Crippen LogP contribution in [0.4, 0.5) is 0 Å². The fourth-order valence-electron chi connectivity index (χ4n) is 1.20. The molecule has 68 valence electrons. The Kier molecular flexibility index (Phi) is 2.04. The molecule has 1 unspecified atom stereocenters. The highest BCUT2D eigenvalue weighted by Gasteiger charge is 2.11. The average molecular weight is 171 g/mol. The van der Waals surface area contributed by atoms with E-state index in [9.17, 15) is 4.79 Å². The third-order valence-electron chi connectivity index (χ3n) is 1.82. The van der Waals surface area contributed by atoms with Crippen LogP contribution in [0.1, 0.15) is 24.3 Å². The first kappa shape index (κ1) is 5.75. The van der Waals surface area contributed by atoms with Crippen molar-refractivity contribution in [2.24, 2.45) is 0 Å². The Morgan fingerprint density at radius 1 is 1.92 bits per heavy atom. The van der Waals surface area contributed by atoms with E-state index in [1.807, 2.05) is 6.08 Å². The van der Waals surface area contributed by atoms with Crippen molar-refractivity contribution in [3.8, 4) is 0 Å². The average Bonchev–Trinajstić information content (AvgIpc) is 2.14. The van der Waals surface area contributed by atoms with E-state index in [1.165, 1.54) is 6.92 Å². The maximum Gasteiger partial charge on any atom is 0.217 e. The molecule has 0 bridgehead atoms. The number of carbonyl (C=O) groups is 1. The lowest BCUT2D eigenvalue weighted by Gasteiger charge is -2.20. The van der Waals surface area contributed by atoms with Crippen molar-refractivity contribution in [2.45, 2.75) is 26.2 Å². The normalized spacial score (nSPS) is 24.4. The van der Waals surface area contributed by atoms with Crippen molar-refractivity contribution in [1.29, 1.82) is 0 Å². The summed E-state index contributed by atoms with van der Waals surface area (Å²) >= 11 is 0. The highest BCUT2D eigenvalue weighted by atomic mass is 16.1. The minimum atomic E-state index is -2.17. The Morgan fingerprint density at radius 2 is 2.75 bits per heavy atom. The Morgan fingerprint density at radius 3 is 3.25 bits per heavy atom. The van der Waals surface area contributed by atoms with Gasteiger partial charge in [0.2, 0.25) is 5.91 Å². The van der Waals surface area contributed by atoms with Gasteiger partial charge in [-0.15, -0.1) is 0 Å². The summed E-state index contributed by atoms with van der Waals surface area (Å²) < 4.78 is 22.1. The molecule has 0 aliphatic carbocycles. The second kappa shape index (κ2) is 4.26. The van der Waals surface area contributed by atoms with Gasteiger partial charge in [0.25, 0.3) is 0 Å². The van der Waals surface area contributed by atoms with E-state index in [0.717, 1.165) is 12.1 Å². The molecule has 3 nitrogen and oxygen atoms in total. The van der Waals surface area contributed by atoms with Crippen molar-refractivity contribution in [2.75, 3.05) is 13.1 Å². The molecule has 0 aromatic carbocycles. The first-order valence-electron chi connectivity index (χ1n) is 5.58. The summed E-state index contributed by atoms with van der Waals surface area (Å²) in [5.74, 6) is -0.310. The van der Waals surface area contributed by atoms with Crippen LogP contribution in [0.2, 0.25) is 0 Å². The van der Waals surface area contributed by atoms with Crippen LogP contribution in [0.25, 0.3) is 0 Å². The minimum Gasteiger partial charge on any atom is -0.350 e.